The van der Waals surface area contributed by atoms with Crippen molar-refractivity contribution in [3.8, 4) is 0 Å². The smallest absolute Gasteiger partial charge is 0.131 e. The van der Waals surface area contributed by atoms with Crippen molar-refractivity contribution in [3.05, 3.63) is 70.3 Å². The molecule has 112 valence electrons. The van der Waals surface area contributed by atoms with Crippen molar-refractivity contribution in [1.82, 2.24) is 5.32 Å². The number of rotatable bonds is 5. The predicted octanol–water partition coefficient (Wildman–Crippen LogP) is 4.67. The first kappa shape index (κ1) is 15.6. The van der Waals surface area contributed by atoms with Crippen molar-refractivity contribution in [2.24, 2.45) is 0 Å². The summed E-state index contributed by atoms with van der Waals surface area (Å²) >= 11 is 0. The van der Waals surface area contributed by atoms with Gasteiger partial charge in [-0.25, -0.2) is 8.78 Å². The predicted molar refractivity (Wildman–Crippen MR) is 82.4 cm³/mol. The Morgan fingerprint density at radius 3 is 2.52 bits per heavy atom. The van der Waals surface area contributed by atoms with Gasteiger partial charge in [-0.2, -0.15) is 0 Å². The third kappa shape index (κ3) is 3.67. The van der Waals surface area contributed by atoms with Gasteiger partial charge in [-0.05, 0) is 55.6 Å². The van der Waals surface area contributed by atoms with Crippen LogP contribution >= 0.6 is 0 Å². The van der Waals surface area contributed by atoms with E-state index in [0.717, 1.165) is 24.1 Å². The van der Waals surface area contributed by atoms with Crippen LogP contribution in [0.3, 0.4) is 0 Å². The second kappa shape index (κ2) is 6.81. The highest BCUT2D eigenvalue weighted by Crippen LogP contribution is 2.27. The Balaban J connectivity index is 2.49. The van der Waals surface area contributed by atoms with Crippen LogP contribution in [0.1, 0.15) is 41.6 Å². The summed E-state index contributed by atoms with van der Waals surface area (Å²) in [7, 11) is 0. The third-order valence-electron chi connectivity index (χ3n) is 3.53. The molecule has 2 rings (SSSR count). The molecule has 2 aromatic carbocycles. The van der Waals surface area contributed by atoms with E-state index in [1.165, 1.54) is 12.1 Å². The Kier molecular flexibility index (Phi) is 5.07. The van der Waals surface area contributed by atoms with Crippen LogP contribution in [0.4, 0.5) is 8.78 Å². The zero-order valence-corrected chi connectivity index (χ0v) is 12.7. The minimum absolute atomic E-state index is 0.229. The fraction of sp³-hybridized carbons (Fsp3) is 0.333. The van der Waals surface area contributed by atoms with Crippen LogP contribution in [-0.4, -0.2) is 6.54 Å². The monoisotopic (exact) mass is 289 g/mol. The van der Waals surface area contributed by atoms with E-state index >= 15 is 0 Å². The topological polar surface area (TPSA) is 12.0 Å². The van der Waals surface area contributed by atoms with Gasteiger partial charge in [-0.15, -0.1) is 0 Å². The molecule has 0 spiro atoms. The van der Waals surface area contributed by atoms with Crippen LogP contribution in [0, 0.1) is 25.5 Å². The number of halogens is 2. The van der Waals surface area contributed by atoms with Gasteiger partial charge < -0.3 is 5.32 Å². The summed E-state index contributed by atoms with van der Waals surface area (Å²) in [5, 5.41) is 3.32. The lowest BCUT2D eigenvalue weighted by Crippen LogP contribution is -2.24. The van der Waals surface area contributed by atoms with E-state index in [1.54, 1.807) is 19.1 Å². The van der Waals surface area contributed by atoms with E-state index in [4.69, 9.17) is 0 Å². The molecule has 0 saturated heterocycles. The molecule has 0 fully saturated rings. The summed E-state index contributed by atoms with van der Waals surface area (Å²) in [6.45, 7) is 6.38. The molecule has 1 N–H and O–H groups in total. The number of benzene rings is 2. The van der Waals surface area contributed by atoms with Crippen LogP contribution in [0.15, 0.2) is 36.4 Å². The molecular formula is C18H21F2N. The van der Waals surface area contributed by atoms with E-state index in [0.29, 0.717) is 11.1 Å². The number of hydrogen-bond donors (Lipinski definition) is 1. The molecule has 21 heavy (non-hydrogen) atoms. The molecule has 2 aromatic rings. The quantitative estimate of drug-likeness (QED) is 0.843. The minimum atomic E-state index is -0.334. The largest absolute Gasteiger partial charge is 0.306 e. The van der Waals surface area contributed by atoms with Crippen LogP contribution in [0.25, 0.3) is 0 Å². The first-order valence-electron chi connectivity index (χ1n) is 7.28. The van der Waals surface area contributed by atoms with Gasteiger partial charge in [0.1, 0.15) is 11.6 Å². The molecule has 0 saturated carbocycles. The summed E-state index contributed by atoms with van der Waals surface area (Å²) in [5.41, 5.74) is 2.75. The summed E-state index contributed by atoms with van der Waals surface area (Å²) in [6.07, 6.45) is 0.929. The Morgan fingerprint density at radius 2 is 1.86 bits per heavy atom. The SMILES string of the molecule is CCCNC(c1cc(C)cc(F)c1)c1cccc(C)c1F. The van der Waals surface area contributed by atoms with Crippen molar-refractivity contribution in [2.75, 3.05) is 6.54 Å². The summed E-state index contributed by atoms with van der Waals surface area (Å²) in [6, 6.07) is 9.86. The van der Waals surface area contributed by atoms with Gasteiger partial charge in [0.25, 0.3) is 0 Å². The van der Waals surface area contributed by atoms with Gasteiger partial charge in [-0.3, -0.25) is 0 Å². The van der Waals surface area contributed by atoms with Crippen molar-refractivity contribution < 1.29 is 8.78 Å². The van der Waals surface area contributed by atoms with Gasteiger partial charge in [0.15, 0.2) is 0 Å². The number of hydrogen-bond acceptors (Lipinski definition) is 1. The van der Waals surface area contributed by atoms with Crippen LogP contribution in [-0.2, 0) is 0 Å². The standard InChI is InChI=1S/C18H21F2N/c1-4-8-21-18(14-9-12(2)10-15(19)11-14)16-7-5-6-13(3)17(16)20/h5-7,9-11,18,21H,4,8H2,1-3H3. The maximum atomic E-state index is 14.4. The van der Waals surface area contributed by atoms with Crippen molar-refractivity contribution >= 4 is 0 Å². The molecule has 1 unspecified atom stereocenters. The lowest BCUT2D eigenvalue weighted by molar-refractivity contribution is 0.538. The van der Waals surface area contributed by atoms with Crippen molar-refractivity contribution in [3.63, 3.8) is 0 Å². The maximum absolute atomic E-state index is 14.4. The van der Waals surface area contributed by atoms with Crippen LogP contribution < -0.4 is 5.32 Å². The Hall–Kier alpha value is -1.74. The van der Waals surface area contributed by atoms with Crippen LogP contribution in [0.5, 0.6) is 0 Å². The van der Waals surface area contributed by atoms with E-state index in [2.05, 4.69) is 5.32 Å². The maximum Gasteiger partial charge on any atom is 0.131 e. The highest BCUT2D eigenvalue weighted by molar-refractivity contribution is 5.37. The Labute approximate surface area is 125 Å². The lowest BCUT2D eigenvalue weighted by Gasteiger charge is -2.21. The van der Waals surface area contributed by atoms with Crippen molar-refractivity contribution in [1.29, 1.82) is 0 Å². The van der Waals surface area contributed by atoms with Crippen LogP contribution in [0.2, 0.25) is 0 Å². The van der Waals surface area contributed by atoms with Gasteiger partial charge in [0, 0.05) is 5.56 Å². The van der Waals surface area contributed by atoms with E-state index in [9.17, 15) is 8.78 Å². The molecule has 0 aliphatic carbocycles. The molecule has 1 nitrogen and oxygen atoms in total. The van der Waals surface area contributed by atoms with Gasteiger partial charge >= 0.3 is 0 Å². The summed E-state index contributed by atoms with van der Waals surface area (Å²) in [4.78, 5) is 0. The average molecular weight is 289 g/mol. The molecule has 0 bridgehead atoms. The molecule has 1 atom stereocenters. The molecule has 3 heteroatoms. The lowest BCUT2D eigenvalue weighted by atomic mass is 9.95. The normalized spacial score (nSPS) is 12.4. The molecule has 0 aliphatic rings. The molecule has 0 aromatic heterocycles. The van der Waals surface area contributed by atoms with Gasteiger partial charge in [-0.1, -0.05) is 31.2 Å². The van der Waals surface area contributed by atoms with E-state index in [-0.39, 0.29) is 17.7 Å². The van der Waals surface area contributed by atoms with E-state index < -0.39 is 0 Å². The second-order valence-electron chi connectivity index (χ2n) is 5.43. The second-order valence-corrected chi connectivity index (χ2v) is 5.43. The Morgan fingerprint density at radius 1 is 1.10 bits per heavy atom. The zero-order chi connectivity index (χ0) is 15.4. The van der Waals surface area contributed by atoms with Gasteiger partial charge in [0.05, 0.1) is 6.04 Å². The Bertz CT molecular complexity index is 602. The molecular weight excluding hydrogens is 268 g/mol. The zero-order valence-electron chi connectivity index (χ0n) is 12.7. The summed E-state index contributed by atoms with van der Waals surface area (Å²) < 4.78 is 28.1. The first-order chi connectivity index (χ1) is 10.0. The number of nitrogens with one attached hydrogen (secondary N) is 1. The van der Waals surface area contributed by atoms with Gasteiger partial charge in [0.2, 0.25) is 0 Å². The first-order valence-corrected chi connectivity index (χ1v) is 7.28. The highest BCUT2D eigenvalue weighted by atomic mass is 19.1. The average Bonchev–Trinajstić information content (AvgIpc) is 2.42. The molecule has 0 amide bonds. The molecule has 0 aliphatic heterocycles. The fourth-order valence-electron chi connectivity index (χ4n) is 2.52. The minimum Gasteiger partial charge on any atom is -0.306 e. The number of aryl methyl sites for hydroxylation is 2. The van der Waals surface area contributed by atoms with Crippen molar-refractivity contribution in [2.45, 2.75) is 33.2 Å². The summed E-state index contributed by atoms with van der Waals surface area (Å²) in [5.74, 6) is -0.519. The van der Waals surface area contributed by atoms with E-state index in [1.807, 2.05) is 26.0 Å². The molecule has 0 radical (unpaired) electrons. The highest BCUT2D eigenvalue weighted by Gasteiger charge is 2.19. The molecule has 0 heterocycles. The third-order valence-corrected chi connectivity index (χ3v) is 3.53. The fourth-order valence-corrected chi connectivity index (χ4v) is 2.52.